The average molecular weight is 287 g/mol. The highest BCUT2D eigenvalue weighted by molar-refractivity contribution is 5.23. The van der Waals surface area contributed by atoms with Gasteiger partial charge in [-0.1, -0.05) is 36.5 Å². The summed E-state index contributed by atoms with van der Waals surface area (Å²) in [6, 6.07) is 0. The lowest BCUT2D eigenvalue weighted by Gasteiger charge is -2.22. The van der Waals surface area contributed by atoms with E-state index in [0.717, 1.165) is 13.0 Å². The average Bonchev–Trinajstić information content (AvgIpc) is 2.45. The van der Waals surface area contributed by atoms with Crippen molar-refractivity contribution in [3.8, 4) is 36.0 Å². The van der Waals surface area contributed by atoms with Crippen molar-refractivity contribution in [2.75, 3.05) is 26.7 Å². The minimum atomic E-state index is -0.300. The summed E-state index contributed by atoms with van der Waals surface area (Å²) in [5.41, 5.74) is -0.460. The molecule has 0 aliphatic carbocycles. The van der Waals surface area contributed by atoms with Crippen molar-refractivity contribution in [1.29, 1.82) is 0 Å². The molecule has 0 amide bonds. The Hall–Kier alpha value is -1.44. The van der Waals surface area contributed by atoms with E-state index in [1.807, 2.05) is 7.05 Å². The van der Waals surface area contributed by atoms with E-state index < -0.39 is 0 Å². The highest BCUT2D eigenvalue weighted by Crippen LogP contribution is 2.07. The van der Waals surface area contributed by atoms with Crippen LogP contribution >= 0.6 is 0 Å². The molecule has 0 aromatic rings. The molecule has 116 valence electrons. The second-order valence-electron chi connectivity index (χ2n) is 5.72. The molecule has 1 unspecified atom stereocenters. The molecule has 0 heterocycles. The minimum absolute atomic E-state index is 0.160. The van der Waals surface area contributed by atoms with Crippen LogP contribution in [-0.4, -0.2) is 37.8 Å². The standard InChI is InChI=1S/C18H29N3/c1-7-14-20-16-10-13-18(5,19-6)12-9-11-17(3,4)21-15-8-2/h1,19-21H,8,12,14-16H2,2-6H3. The second-order valence-corrected chi connectivity index (χ2v) is 5.72. The largest absolute Gasteiger partial charge is 0.304 e. The number of nitrogens with one attached hydrogen (secondary N) is 3. The maximum Gasteiger partial charge on any atom is 0.0880 e. The molecule has 0 saturated heterocycles. The molecular weight excluding hydrogens is 258 g/mol. The maximum atomic E-state index is 5.17. The Morgan fingerprint density at radius 1 is 1.05 bits per heavy atom. The van der Waals surface area contributed by atoms with E-state index in [4.69, 9.17) is 6.42 Å². The molecule has 3 N–H and O–H groups in total. The number of hydrogen-bond donors (Lipinski definition) is 3. The molecule has 0 rings (SSSR count). The van der Waals surface area contributed by atoms with Gasteiger partial charge in [0.2, 0.25) is 0 Å². The van der Waals surface area contributed by atoms with E-state index in [2.05, 4.69) is 73.2 Å². The third-order valence-corrected chi connectivity index (χ3v) is 3.02. The Labute approximate surface area is 131 Å². The van der Waals surface area contributed by atoms with Gasteiger partial charge in [-0.05, 0) is 40.8 Å². The lowest BCUT2D eigenvalue weighted by Crippen LogP contribution is -2.39. The van der Waals surface area contributed by atoms with Crippen molar-refractivity contribution in [2.45, 2.75) is 51.6 Å². The number of rotatable bonds is 7. The number of hydrogen-bond acceptors (Lipinski definition) is 3. The summed E-state index contributed by atoms with van der Waals surface area (Å²) in [5, 5.41) is 9.71. The van der Waals surface area contributed by atoms with Gasteiger partial charge in [0.1, 0.15) is 0 Å². The van der Waals surface area contributed by atoms with Crippen LogP contribution in [0.25, 0.3) is 0 Å². The molecule has 1 atom stereocenters. The third kappa shape index (κ3) is 10.0. The van der Waals surface area contributed by atoms with Crippen molar-refractivity contribution in [1.82, 2.24) is 16.0 Å². The summed E-state index contributed by atoms with van der Waals surface area (Å²) in [4.78, 5) is 0. The molecule has 0 aromatic heterocycles. The van der Waals surface area contributed by atoms with Gasteiger partial charge in [-0.15, -0.1) is 6.42 Å². The summed E-state index contributed by atoms with van der Waals surface area (Å²) in [6.45, 7) is 10.5. The van der Waals surface area contributed by atoms with Gasteiger partial charge < -0.3 is 10.6 Å². The number of terminal acetylenes is 1. The molecule has 3 heteroatoms. The Morgan fingerprint density at radius 3 is 2.33 bits per heavy atom. The monoisotopic (exact) mass is 287 g/mol. The molecule has 0 aliphatic rings. The zero-order chi connectivity index (χ0) is 16.2. The second kappa shape index (κ2) is 10.3. The van der Waals surface area contributed by atoms with Crippen LogP contribution in [-0.2, 0) is 0 Å². The minimum Gasteiger partial charge on any atom is -0.304 e. The van der Waals surface area contributed by atoms with Crippen LogP contribution in [0.3, 0.4) is 0 Å². The van der Waals surface area contributed by atoms with Crippen LogP contribution < -0.4 is 16.0 Å². The van der Waals surface area contributed by atoms with Crippen LogP contribution in [0.5, 0.6) is 0 Å². The van der Waals surface area contributed by atoms with Crippen LogP contribution in [0.2, 0.25) is 0 Å². The molecule has 0 spiro atoms. The van der Waals surface area contributed by atoms with Gasteiger partial charge in [0.25, 0.3) is 0 Å². The Morgan fingerprint density at radius 2 is 1.76 bits per heavy atom. The van der Waals surface area contributed by atoms with Gasteiger partial charge in [0.05, 0.1) is 24.2 Å². The quantitative estimate of drug-likeness (QED) is 0.489. The molecule has 0 aromatic carbocycles. The van der Waals surface area contributed by atoms with Gasteiger partial charge >= 0.3 is 0 Å². The molecular formula is C18H29N3. The first-order valence-corrected chi connectivity index (χ1v) is 7.47. The van der Waals surface area contributed by atoms with Crippen molar-refractivity contribution in [2.24, 2.45) is 0 Å². The van der Waals surface area contributed by atoms with Crippen molar-refractivity contribution < 1.29 is 0 Å². The molecule has 0 aliphatic heterocycles. The zero-order valence-corrected chi connectivity index (χ0v) is 14.1. The highest BCUT2D eigenvalue weighted by atomic mass is 14.9. The third-order valence-electron chi connectivity index (χ3n) is 3.02. The lowest BCUT2D eigenvalue weighted by atomic mass is 9.97. The summed E-state index contributed by atoms with van der Waals surface area (Å²) in [5.74, 6) is 15.4. The summed E-state index contributed by atoms with van der Waals surface area (Å²) < 4.78 is 0. The molecule has 21 heavy (non-hydrogen) atoms. The SMILES string of the molecule is C#CCNCC#CC(C)(CC#CC(C)(C)NCCC)NC. The lowest BCUT2D eigenvalue weighted by molar-refractivity contribution is 0.486. The summed E-state index contributed by atoms with van der Waals surface area (Å²) in [7, 11) is 1.91. The highest BCUT2D eigenvalue weighted by Gasteiger charge is 2.18. The smallest absolute Gasteiger partial charge is 0.0880 e. The summed E-state index contributed by atoms with van der Waals surface area (Å²) >= 11 is 0. The van der Waals surface area contributed by atoms with Crippen LogP contribution in [0, 0.1) is 36.0 Å². The molecule has 0 saturated carbocycles. The topological polar surface area (TPSA) is 36.1 Å². The van der Waals surface area contributed by atoms with Gasteiger partial charge in [-0.2, -0.15) is 0 Å². The van der Waals surface area contributed by atoms with Gasteiger partial charge in [-0.3, -0.25) is 5.32 Å². The predicted octanol–water partition coefficient (Wildman–Crippen LogP) is 1.36. The van der Waals surface area contributed by atoms with Gasteiger partial charge in [-0.25, -0.2) is 0 Å². The van der Waals surface area contributed by atoms with Crippen molar-refractivity contribution >= 4 is 0 Å². The fraction of sp³-hybridized carbons (Fsp3) is 0.667. The normalized spacial score (nSPS) is 13.1. The Balaban J connectivity index is 4.52. The molecule has 3 nitrogen and oxygen atoms in total. The van der Waals surface area contributed by atoms with Crippen LogP contribution in [0.15, 0.2) is 0 Å². The van der Waals surface area contributed by atoms with E-state index in [0.29, 0.717) is 19.5 Å². The molecule has 0 fully saturated rings. The summed E-state index contributed by atoms with van der Waals surface area (Å²) in [6.07, 6.45) is 6.96. The fourth-order valence-electron chi connectivity index (χ4n) is 1.56. The van der Waals surface area contributed by atoms with E-state index in [-0.39, 0.29) is 11.1 Å². The van der Waals surface area contributed by atoms with Crippen molar-refractivity contribution in [3.05, 3.63) is 0 Å². The van der Waals surface area contributed by atoms with Crippen LogP contribution in [0.4, 0.5) is 0 Å². The van der Waals surface area contributed by atoms with E-state index in [1.165, 1.54) is 0 Å². The van der Waals surface area contributed by atoms with Gasteiger partial charge in [0, 0.05) is 6.42 Å². The van der Waals surface area contributed by atoms with Crippen LogP contribution in [0.1, 0.15) is 40.5 Å². The van der Waals surface area contributed by atoms with E-state index >= 15 is 0 Å². The van der Waals surface area contributed by atoms with E-state index in [9.17, 15) is 0 Å². The first-order valence-electron chi connectivity index (χ1n) is 7.47. The Kier molecular flexibility index (Phi) is 9.60. The predicted molar refractivity (Wildman–Crippen MR) is 91.7 cm³/mol. The molecule has 0 bridgehead atoms. The maximum absolute atomic E-state index is 5.17. The first-order chi connectivity index (χ1) is 9.89. The van der Waals surface area contributed by atoms with Gasteiger partial charge in [0.15, 0.2) is 0 Å². The van der Waals surface area contributed by atoms with Crippen molar-refractivity contribution in [3.63, 3.8) is 0 Å². The fourth-order valence-corrected chi connectivity index (χ4v) is 1.56. The zero-order valence-electron chi connectivity index (χ0n) is 14.1. The first kappa shape index (κ1) is 19.6. The van der Waals surface area contributed by atoms with E-state index in [1.54, 1.807) is 0 Å². The molecule has 0 radical (unpaired) electrons. The Bertz CT molecular complexity index is 451.